The summed E-state index contributed by atoms with van der Waals surface area (Å²) in [6, 6.07) is 13.6. The fourth-order valence-corrected chi connectivity index (χ4v) is 2.68. The number of benzene rings is 2. The molecule has 0 heterocycles. The third-order valence-electron chi connectivity index (χ3n) is 3.46. The van der Waals surface area contributed by atoms with Gasteiger partial charge in [0.2, 0.25) is 5.91 Å². The molecule has 0 radical (unpaired) electrons. The maximum Gasteiger partial charge on any atom is 0.328 e. The van der Waals surface area contributed by atoms with Gasteiger partial charge in [0.05, 0.1) is 7.11 Å². The third-order valence-corrected chi connectivity index (χ3v) is 4.02. The van der Waals surface area contributed by atoms with Crippen LogP contribution in [0.25, 0.3) is 6.08 Å². The second-order valence-corrected chi connectivity index (χ2v) is 6.12. The molecule has 130 valence electrons. The van der Waals surface area contributed by atoms with E-state index in [1.165, 1.54) is 13.2 Å². The van der Waals surface area contributed by atoms with E-state index in [4.69, 9.17) is 27.9 Å². The molecule has 0 fully saturated rings. The molecule has 2 aromatic carbocycles. The molecule has 0 aromatic heterocycles. The van der Waals surface area contributed by atoms with Crippen LogP contribution in [0.2, 0.25) is 10.0 Å². The number of ether oxygens (including phenoxy) is 1. The van der Waals surface area contributed by atoms with Crippen molar-refractivity contribution in [3.63, 3.8) is 0 Å². The van der Waals surface area contributed by atoms with Gasteiger partial charge in [-0.3, -0.25) is 4.79 Å². The van der Waals surface area contributed by atoms with E-state index in [9.17, 15) is 9.59 Å². The summed E-state index contributed by atoms with van der Waals surface area (Å²) in [6.45, 7) is 0. The first-order valence-corrected chi connectivity index (χ1v) is 8.30. The second-order valence-electron chi connectivity index (χ2n) is 5.27. The van der Waals surface area contributed by atoms with Crippen molar-refractivity contribution in [1.29, 1.82) is 0 Å². The summed E-state index contributed by atoms with van der Waals surface area (Å²) in [5.74, 6) is -0.924. The highest BCUT2D eigenvalue weighted by Gasteiger charge is 2.21. The molecule has 0 saturated carbocycles. The Balaban J connectivity index is 2.06. The average Bonchev–Trinajstić information content (AvgIpc) is 2.60. The highest BCUT2D eigenvalue weighted by atomic mass is 35.5. The number of carbonyl (C=O) groups is 2. The van der Waals surface area contributed by atoms with Crippen LogP contribution in [0, 0.1) is 0 Å². The lowest BCUT2D eigenvalue weighted by molar-refractivity contribution is -0.144. The Bertz CT molecular complexity index is 775. The van der Waals surface area contributed by atoms with E-state index in [2.05, 4.69) is 5.32 Å². The van der Waals surface area contributed by atoms with Crippen molar-refractivity contribution in [3.05, 3.63) is 75.8 Å². The molecular weight excluding hydrogens is 361 g/mol. The minimum Gasteiger partial charge on any atom is -0.467 e. The smallest absolute Gasteiger partial charge is 0.328 e. The third kappa shape index (κ3) is 5.93. The summed E-state index contributed by atoms with van der Waals surface area (Å²) in [7, 11) is 1.29. The van der Waals surface area contributed by atoms with Crippen LogP contribution in [0.1, 0.15) is 11.1 Å². The molecule has 0 spiro atoms. The van der Waals surface area contributed by atoms with E-state index in [0.29, 0.717) is 22.0 Å². The summed E-state index contributed by atoms with van der Waals surface area (Å²) in [5.41, 5.74) is 1.57. The van der Waals surface area contributed by atoms with Crippen LogP contribution < -0.4 is 5.32 Å². The summed E-state index contributed by atoms with van der Waals surface area (Å²) in [4.78, 5) is 24.1. The molecule has 1 N–H and O–H groups in total. The number of nitrogens with one attached hydrogen (secondary N) is 1. The maximum absolute atomic E-state index is 12.1. The van der Waals surface area contributed by atoms with Crippen molar-refractivity contribution in [2.24, 2.45) is 0 Å². The lowest BCUT2D eigenvalue weighted by atomic mass is 10.1. The van der Waals surface area contributed by atoms with E-state index in [1.807, 2.05) is 30.3 Å². The van der Waals surface area contributed by atoms with Gasteiger partial charge < -0.3 is 10.1 Å². The lowest BCUT2D eigenvalue weighted by Gasteiger charge is -2.15. The molecule has 0 aliphatic heterocycles. The molecule has 4 nitrogen and oxygen atoms in total. The summed E-state index contributed by atoms with van der Waals surface area (Å²) < 4.78 is 4.77. The number of esters is 1. The first-order valence-electron chi connectivity index (χ1n) is 7.55. The molecule has 25 heavy (non-hydrogen) atoms. The number of methoxy groups -OCH3 is 1. The molecule has 2 rings (SSSR count). The predicted octanol–water partition coefficient (Wildman–Crippen LogP) is 3.91. The van der Waals surface area contributed by atoms with Gasteiger partial charge >= 0.3 is 5.97 Å². The zero-order valence-electron chi connectivity index (χ0n) is 13.5. The van der Waals surface area contributed by atoms with Crippen molar-refractivity contribution >= 4 is 41.2 Å². The molecule has 0 aliphatic rings. The van der Waals surface area contributed by atoms with E-state index >= 15 is 0 Å². The second kappa shape index (κ2) is 9.25. The zero-order chi connectivity index (χ0) is 18.2. The first kappa shape index (κ1) is 19.0. The molecule has 1 atom stereocenters. The predicted molar refractivity (Wildman–Crippen MR) is 99.6 cm³/mol. The van der Waals surface area contributed by atoms with Crippen molar-refractivity contribution in [2.75, 3.05) is 7.11 Å². The van der Waals surface area contributed by atoms with Crippen LogP contribution in [0.4, 0.5) is 0 Å². The Kier molecular flexibility index (Phi) is 7.04. The van der Waals surface area contributed by atoms with Gasteiger partial charge in [-0.2, -0.15) is 0 Å². The van der Waals surface area contributed by atoms with Crippen LogP contribution in [-0.4, -0.2) is 25.0 Å². The van der Waals surface area contributed by atoms with Gasteiger partial charge in [0.25, 0.3) is 0 Å². The van der Waals surface area contributed by atoms with Crippen LogP contribution >= 0.6 is 23.2 Å². The normalized spacial score (nSPS) is 12.0. The molecule has 2 aromatic rings. The van der Waals surface area contributed by atoms with E-state index in [1.54, 1.807) is 24.3 Å². The number of hydrogen-bond acceptors (Lipinski definition) is 3. The number of amides is 1. The molecule has 0 bridgehead atoms. The Labute approximate surface area is 156 Å². The van der Waals surface area contributed by atoms with Gasteiger partial charge in [-0.25, -0.2) is 4.79 Å². The van der Waals surface area contributed by atoms with Gasteiger partial charge in [-0.05, 0) is 29.3 Å². The topological polar surface area (TPSA) is 55.4 Å². The Morgan fingerprint density at radius 1 is 1.16 bits per heavy atom. The van der Waals surface area contributed by atoms with Crippen LogP contribution in [-0.2, 0) is 20.7 Å². The Hall–Kier alpha value is -2.30. The molecule has 6 heteroatoms. The van der Waals surface area contributed by atoms with Crippen LogP contribution in [0.5, 0.6) is 0 Å². The first-order chi connectivity index (χ1) is 12.0. The van der Waals surface area contributed by atoms with Gasteiger partial charge in [-0.1, -0.05) is 59.6 Å². The Morgan fingerprint density at radius 3 is 2.52 bits per heavy atom. The molecular formula is C19H17Cl2NO3. The van der Waals surface area contributed by atoms with Gasteiger partial charge in [0.15, 0.2) is 0 Å². The van der Waals surface area contributed by atoms with Crippen molar-refractivity contribution in [3.8, 4) is 0 Å². The number of rotatable bonds is 6. The van der Waals surface area contributed by atoms with Crippen molar-refractivity contribution in [1.82, 2.24) is 5.32 Å². The number of carbonyl (C=O) groups excluding carboxylic acids is 2. The Morgan fingerprint density at radius 2 is 1.88 bits per heavy atom. The van der Waals surface area contributed by atoms with Crippen molar-refractivity contribution < 1.29 is 14.3 Å². The van der Waals surface area contributed by atoms with E-state index in [0.717, 1.165) is 5.56 Å². The highest BCUT2D eigenvalue weighted by molar-refractivity contribution is 6.35. The fourth-order valence-electron chi connectivity index (χ4n) is 2.21. The standard InChI is InChI=1S/C19H17Cl2NO3/c1-25-19(24)17(11-13-5-3-2-4-6-13)22-18(23)10-8-14-7-9-15(20)12-16(14)21/h2-10,12,17H,11H2,1H3,(H,22,23)/b10-8+. The fraction of sp³-hybridized carbons (Fsp3) is 0.158. The zero-order valence-corrected chi connectivity index (χ0v) is 15.1. The van der Waals surface area contributed by atoms with Crippen molar-refractivity contribution in [2.45, 2.75) is 12.5 Å². The van der Waals surface area contributed by atoms with Gasteiger partial charge in [0.1, 0.15) is 6.04 Å². The van der Waals surface area contributed by atoms with Gasteiger partial charge in [0, 0.05) is 22.5 Å². The molecule has 0 aliphatic carbocycles. The van der Waals surface area contributed by atoms with Gasteiger partial charge in [-0.15, -0.1) is 0 Å². The van der Waals surface area contributed by atoms with Crippen LogP contribution in [0.15, 0.2) is 54.6 Å². The maximum atomic E-state index is 12.1. The summed E-state index contributed by atoms with van der Waals surface area (Å²) in [5, 5.41) is 3.60. The van der Waals surface area contributed by atoms with E-state index in [-0.39, 0.29) is 0 Å². The molecule has 1 amide bonds. The quantitative estimate of drug-likeness (QED) is 0.613. The minimum absolute atomic E-state index is 0.342. The highest BCUT2D eigenvalue weighted by Crippen LogP contribution is 2.21. The molecule has 0 saturated heterocycles. The largest absolute Gasteiger partial charge is 0.467 e. The number of hydrogen-bond donors (Lipinski definition) is 1. The van der Waals surface area contributed by atoms with E-state index < -0.39 is 17.9 Å². The number of halogens is 2. The monoisotopic (exact) mass is 377 g/mol. The summed E-state index contributed by atoms with van der Waals surface area (Å²) in [6.07, 6.45) is 3.22. The SMILES string of the molecule is COC(=O)C(Cc1ccccc1)NC(=O)/C=C/c1ccc(Cl)cc1Cl. The lowest BCUT2D eigenvalue weighted by Crippen LogP contribution is -2.42. The summed E-state index contributed by atoms with van der Waals surface area (Å²) >= 11 is 11.9. The average molecular weight is 378 g/mol. The van der Waals surface area contributed by atoms with Crippen LogP contribution in [0.3, 0.4) is 0 Å². The molecule has 1 unspecified atom stereocenters. The minimum atomic E-state index is -0.773.